The smallest absolute Gasteiger partial charge is 0.243 e. The molecule has 1 unspecified atom stereocenters. The SMILES string of the molecule is CCC(C(=O)NC1CCCC1)N(Cc1ccc(F)cc1)C(=O)Cc1ccc(Cl)c(Cl)c1. The summed E-state index contributed by atoms with van der Waals surface area (Å²) in [5.41, 5.74) is 1.48. The predicted octanol–water partition coefficient (Wildman–Crippen LogP) is 5.54. The van der Waals surface area contributed by atoms with E-state index >= 15 is 0 Å². The van der Waals surface area contributed by atoms with Crippen molar-refractivity contribution in [3.05, 3.63) is 69.5 Å². The first-order chi connectivity index (χ1) is 14.9. The molecule has 2 amide bonds. The van der Waals surface area contributed by atoms with Gasteiger partial charge in [-0.1, -0.05) is 61.2 Å². The Labute approximate surface area is 192 Å². The average molecular weight is 465 g/mol. The lowest BCUT2D eigenvalue weighted by atomic mass is 10.1. The lowest BCUT2D eigenvalue weighted by molar-refractivity contribution is -0.141. The van der Waals surface area contributed by atoms with Crippen LogP contribution >= 0.6 is 23.2 Å². The van der Waals surface area contributed by atoms with E-state index in [1.165, 1.54) is 12.1 Å². The molecule has 3 rings (SSSR count). The number of carbonyl (C=O) groups is 2. The molecule has 2 aromatic carbocycles. The van der Waals surface area contributed by atoms with Crippen LogP contribution in [-0.2, 0) is 22.6 Å². The minimum atomic E-state index is -0.610. The summed E-state index contributed by atoms with van der Waals surface area (Å²) in [5, 5.41) is 3.91. The van der Waals surface area contributed by atoms with Gasteiger partial charge in [-0.2, -0.15) is 0 Å². The van der Waals surface area contributed by atoms with Crippen molar-refractivity contribution in [1.82, 2.24) is 10.2 Å². The van der Waals surface area contributed by atoms with Gasteiger partial charge in [0.2, 0.25) is 11.8 Å². The van der Waals surface area contributed by atoms with Gasteiger partial charge in [0, 0.05) is 12.6 Å². The maximum absolute atomic E-state index is 13.4. The Morgan fingerprint density at radius 2 is 1.71 bits per heavy atom. The molecule has 1 N–H and O–H groups in total. The monoisotopic (exact) mass is 464 g/mol. The first-order valence-corrected chi connectivity index (χ1v) is 11.4. The van der Waals surface area contributed by atoms with Crippen LogP contribution in [0.3, 0.4) is 0 Å². The van der Waals surface area contributed by atoms with E-state index in [9.17, 15) is 14.0 Å². The summed E-state index contributed by atoms with van der Waals surface area (Å²) in [6.07, 6.45) is 4.72. The van der Waals surface area contributed by atoms with Gasteiger partial charge < -0.3 is 10.2 Å². The predicted molar refractivity (Wildman–Crippen MR) is 122 cm³/mol. The van der Waals surface area contributed by atoms with Crippen LogP contribution < -0.4 is 5.32 Å². The first-order valence-electron chi connectivity index (χ1n) is 10.7. The summed E-state index contributed by atoms with van der Waals surface area (Å²) >= 11 is 12.1. The average Bonchev–Trinajstić information content (AvgIpc) is 3.25. The number of hydrogen-bond acceptors (Lipinski definition) is 2. The fourth-order valence-electron chi connectivity index (χ4n) is 4.00. The van der Waals surface area contributed by atoms with Crippen molar-refractivity contribution >= 4 is 35.0 Å². The topological polar surface area (TPSA) is 49.4 Å². The third kappa shape index (κ3) is 6.44. The molecule has 0 spiro atoms. The molecule has 7 heteroatoms. The Kier molecular flexibility index (Phi) is 8.33. The number of benzene rings is 2. The number of carbonyl (C=O) groups excluding carboxylic acids is 2. The number of amides is 2. The fraction of sp³-hybridized carbons (Fsp3) is 0.417. The number of hydrogen-bond donors (Lipinski definition) is 1. The summed E-state index contributed by atoms with van der Waals surface area (Å²) in [7, 11) is 0. The Morgan fingerprint density at radius 1 is 1.06 bits per heavy atom. The lowest BCUT2D eigenvalue weighted by Crippen LogP contribution is -2.51. The quantitative estimate of drug-likeness (QED) is 0.557. The third-order valence-electron chi connectivity index (χ3n) is 5.69. The Bertz CT molecular complexity index is 914. The van der Waals surface area contributed by atoms with E-state index in [1.807, 2.05) is 6.92 Å². The highest BCUT2D eigenvalue weighted by molar-refractivity contribution is 6.42. The molecule has 0 heterocycles. The van der Waals surface area contributed by atoms with Crippen molar-refractivity contribution in [2.75, 3.05) is 0 Å². The molecule has 1 saturated carbocycles. The zero-order valence-electron chi connectivity index (χ0n) is 17.5. The lowest BCUT2D eigenvalue weighted by Gasteiger charge is -2.31. The van der Waals surface area contributed by atoms with Crippen LogP contribution in [0, 0.1) is 5.82 Å². The molecule has 0 aromatic heterocycles. The van der Waals surface area contributed by atoms with Gasteiger partial charge in [0.15, 0.2) is 0 Å². The number of nitrogens with zero attached hydrogens (tertiary/aromatic N) is 1. The van der Waals surface area contributed by atoms with Crippen LogP contribution in [0.2, 0.25) is 10.0 Å². The van der Waals surface area contributed by atoms with Crippen molar-refractivity contribution in [3.8, 4) is 0 Å². The van der Waals surface area contributed by atoms with E-state index in [2.05, 4.69) is 5.32 Å². The largest absolute Gasteiger partial charge is 0.352 e. The molecule has 0 radical (unpaired) electrons. The summed E-state index contributed by atoms with van der Waals surface area (Å²) in [6.45, 7) is 2.11. The molecule has 1 aliphatic rings. The van der Waals surface area contributed by atoms with Crippen LogP contribution in [-0.4, -0.2) is 28.8 Å². The van der Waals surface area contributed by atoms with Crippen molar-refractivity contribution < 1.29 is 14.0 Å². The number of nitrogens with one attached hydrogen (secondary N) is 1. The van der Waals surface area contributed by atoms with Crippen molar-refractivity contribution in [1.29, 1.82) is 0 Å². The molecule has 0 bridgehead atoms. The van der Waals surface area contributed by atoms with Gasteiger partial charge in [-0.05, 0) is 54.7 Å². The van der Waals surface area contributed by atoms with Gasteiger partial charge >= 0.3 is 0 Å². The van der Waals surface area contributed by atoms with E-state index < -0.39 is 6.04 Å². The molecule has 31 heavy (non-hydrogen) atoms. The highest BCUT2D eigenvalue weighted by atomic mass is 35.5. The Balaban J connectivity index is 1.82. The molecular formula is C24H27Cl2FN2O2. The standard InChI is InChI=1S/C24H27Cl2FN2O2/c1-2-22(24(31)28-19-5-3-4-6-19)29(15-16-7-10-18(27)11-8-16)23(30)14-17-9-12-20(25)21(26)13-17/h7-13,19,22H,2-6,14-15H2,1H3,(H,28,31). The molecule has 1 atom stereocenters. The maximum Gasteiger partial charge on any atom is 0.243 e. The van der Waals surface area contributed by atoms with Gasteiger partial charge in [0.1, 0.15) is 11.9 Å². The van der Waals surface area contributed by atoms with E-state index in [0.29, 0.717) is 16.5 Å². The second-order valence-corrected chi connectivity index (χ2v) is 8.80. The van der Waals surface area contributed by atoms with Crippen molar-refractivity contribution in [3.63, 3.8) is 0 Å². The summed E-state index contributed by atoms with van der Waals surface area (Å²) in [4.78, 5) is 28.0. The minimum Gasteiger partial charge on any atom is -0.352 e. The molecule has 4 nitrogen and oxygen atoms in total. The number of halogens is 3. The van der Waals surface area contributed by atoms with Crippen molar-refractivity contribution in [2.24, 2.45) is 0 Å². The van der Waals surface area contributed by atoms with Gasteiger partial charge in [-0.3, -0.25) is 9.59 Å². The van der Waals surface area contributed by atoms with Gasteiger partial charge in [-0.15, -0.1) is 0 Å². The minimum absolute atomic E-state index is 0.0886. The molecule has 1 fully saturated rings. The Morgan fingerprint density at radius 3 is 2.32 bits per heavy atom. The highest BCUT2D eigenvalue weighted by Gasteiger charge is 2.30. The van der Waals surface area contributed by atoms with E-state index in [4.69, 9.17) is 23.2 Å². The molecule has 0 aliphatic heterocycles. The summed E-state index contributed by atoms with van der Waals surface area (Å²) < 4.78 is 13.4. The van der Waals surface area contributed by atoms with Crippen LogP contribution in [0.5, 0.6) is 0 Å². The zero-order chi connectivity index (χ0) is 22.4. The van der Waals surface area contributed by atoms with Crippen LogP contribution in [0.1, 0.15) is 50.2 Å². The normalized spacial score (nSPS) is 15.0. The zero-order valence-corrected chi connectivity index (χ0v) is 19.1. The van der Waals surface area contributed by atoms with Crippen LogP contribution in [0.25, 0.3) is 0 Å². The Hall–Kier alpha value is -2.11. The van der Waals surface area contributed by atoms with Gasteiger partial charge in [0.05, 0.1) is 16.5 Å². The van der Waals surface area contributed by atoms with E-state index in [0.717, 1.165) is 36.8 Å². The second kappa shape index (κ2) is 11.0. The first kappa shape index (κ1) is 23.6. The summed E-state index contributed by atoms with van der Waals surface area (Å²) in [5.74, 6) is -0.682. The third-order valence-corrected chi connectivity index (χ3v) is 6.43. The number of rotatable bonds is 8. The maximum atomic E-state index is 13.4. The molecular weight excluding hydrogens is 438 g/mol. The van der Waals surface area contributed by atoms with Crippen LogP contribution in [0.4, 0.5) is 4.39 Å². The molecule has 0 saturated heterocycles. The second-order valence-electron chi connectivity index (χ2n) is 7.99. The summed E-state index contributed by atoms with van der Waals surface area (Å²) in [6, 6.07) is 10.6. The van der Waals surface area contributed by atoms with E-state index in [1.54, 1.807) is 35.2 Å². The van der Waals surface area contributed by atoms with Crippen molar-refractivity contribution in [2.45, 2.75) is 64.1 Å². The van der Waals surface area contributed by atoms with Gasteiger partial charge in [-0.25, -0.2) is 4.39 Å². The van der Waals surface area contributed by atoms with Crippen LogP contribution in [0.15, 0.2) is 42.5 Å². The van der Waals surface area contributed by atoms with Gasteiger partial charge in [0.25, 0.3) is 0 Å². The molecule has 1 aliphatic carbocycles. The highest BCUT2D eigenvalue weighted by Crippen LogP contribution is 2.24. The molecule has 166 valence electrons. The fourth-order valence-corrected chi connectivity index (χ4v) is 4.32. The molecule has 2 aromatic rings. The van der Waals surface area contributed by atoms with E-state index in [-0.39, 0.29) is 36.6 Å².